The van der Waals surface area contributed by atoms with Crippen LogP contribution >= 0.6 is 0 Å². The Morgan fingerprint density at radius 1 is 1.39 bits per heavy atom. The van der Waals surface area contributed by atoms with E-state index in [0.717, 1.165) is 37.9 Å². The number of hydrogen-bond donors (Lipinski definition) is 1. The van der Waals surface area contributed by atoms with E-state index in [-0.39, 0.29) is 12.5 Å². The SMILES string of the molecule is C=CCc1ccc(OCC(=O)N(C)C2CCNCC2)c(OC)c1. The molecule has 1 amide bonds. The van der Waals surface area contributed by atoms with Crippen molar-refractivity contribution in [2.75, 3.05) is 33.9 Å². The lowest BCUT2D eigenvalue weighted by Crippen LogP contribution is -2.45. The smallest absolute Gasteiger partial charge is 0.260 e. The number of benzene rings is 1. The zero-order valence-electron chi connectivity index (χ0n) is 14.0. The summed E-state index contributed by atoms with van der Waals surface area (Å²) < 4.78 is 11.0. The molecule has 0 bridgehead atoms. The second-order valence-corrected chi connectivity index (χ2v) is 5.75. The fourth-order valence-corrected chi connectivity index (χ4v) is 2.76. The third kappa shape index (κ3) is 4.73. The molecule has 1 N–H and O–H groups in total. The van der Waals surface area contributed by atoms with E-state index in [2.05, 4.69) is 11.9 Å². The summed E-state index contributed by atoms with van der Waals surface area (Å²) in [5.41, 5.74) is 1.10. The first kappa shape index (κ1) is 17.3. The van der Waals surface area contributed by atoms with E-state index in [4.69, 9.17) is 9.47 Å². The maximum Gasteiger partial charge on any atom is 0.260 e. The van der Waals surface area contributed by atoms with Crippen molar-refractivity contribution in [3.05, 3.63) is 36.4 Å². The van der Waals surface area contributed by atoms with Crippen LogP contribution in [-0.2, 0) is 11.2 Å². The summed E-state index contributed by atoms with van der Waals surface area (Å²) in [6.45, 7) is 5.68. The molecule has 126 valence electrons. The molecule has 23 heavy (non-hydrogen) atoms. The Morgan fingerprint density at radius 3 is 2.78 bits per heavy atom. The van der Waals surface area contributed by atoms with Crippen molar-refractivity contribution >= 4 is 5.91 Å². The van der Waals surface area contributed by atoms with Crippen molar-refractivity contribution in [3.8, 4) is 11.5 Å². The zero-order chi connectivity index (χ0) is 16.7. The molecule has 0 atom stereocenters. The number of hydrogen-bond acceptors (Lipinski definition) is 4. The van der Waals surface area contributed by atoms with Gasteiger partial charge in [0.15, 0.2) is 18.1 Å². The lowest BCUT2D eigenvalue weighted by molar-refractivity contribution is -0.134. The molecule has 0 unspecified atom stereocenters. The molecule has 1 fully saturated rings. The summed E-state index contributed by atoms with van der Waals surface area (Å²) in [6.07, 6.45) is 4.59. The fraction of sp³-hybridized carbons (Fsp3) is 0.500. The predicted octanol–water partition coefficient (Wildman–Crippen LogP) is 2.01. The van der Waals surface area contributed by atoms with Crippen molar-refractivity contribution < 1.29 is 14.3 Å². The molecule has 1 aromatic carbocycles. The lowest BCUT2D eigenvalue weighted by Gasteiger charge is -2.31. The van der Waals surface area contributed by atoms with Crippen LogP contribution in [0.25, 0.3) is 0 Å². The number of methoxy groups -OCH3 is 1. The Labute approximate surface area is 138 Å². The van der Waals surface area contributed by atoms with Crippen LogP contribution in [0.4, 0.5) is 0 Å². The minimum atomic E-state index is -0.00544. The molecule has 1 aliphatic heterocycles. The first-order chi connectivity index (χ1) is 11.2. The number of piperidine rings is 1. The van der Waals surface area contributed by atoms with Gasteiger partial charge in [0.2, 0.25) is 0 Å². The van der Waals surface area contributed by atoms with Gasteiger partial charge >= 0.3 is 0 Å². The summed E-state index contributed by atoms with van der Waals surface area (Å²) >= 11 is 0. The van der Waals surface area contributed by atoms with Gasteiger partial charge in [0.25, 0.3) is 5.91 Å². The molecule has 0 saturated carbocycles. The topological polar surface area (TPSA) is 50.8 Å². The number of amides is 1. The molecule has 1 heterocycles. The quantitative estimate of drug-likeness (QED) is 0.782. The minimum absolute atomic E-state index is 0.00544. The van der Waals surface area contributed by atoms with Crippen LogP contribution < -0.4 is 14.8 Å². The predicted molar refractivity (Wildman–Crippen MR) is 91.1 cm³/mol. The van der Waals surface area contributed by atoms with E-state index < -0.39 is 0 Å². The molecule has 5 nitrogen and oxygen atoms in total. The average molecular weight is 318 g/mol. The lowest BCUT2D eigenvalue weighted by atomic mass is 10.1. The third-order valence-corrected chi connectivity index (χ3v) is 4.21. The van der Waals surface area contributed by atoms with Crippen molar-refractivity contribution in [1.82, 2.24) is 10.2 Å². The standard InChI is InChI=1S/C18H26N2O3/c1-4-5-14-6-7-16(17(12-14)22-3)23-13-18(21)20(2)15-8-10-19-11-9-15/h4,6-7,12,15,19H,1,5,8-11,13H2,2-3H3. The third-order valence-electron chi connectivity index (χ3n) is 4.21. The summed E-state index contributed by atoms with van der Waals surface area (Å²) in [7, 11) is 3.45. The summed E-state index contributed by atoms with van der Waals surface area (Å²) in [5.74, 6) is 1.23. The second kappa shape index (κ2) is 8.58. The summed E-state index contributed by atoms with van der Waals surface area (Å²) in [4.78, 5) is 14.1. The van der Waals surface area contributed by atoms with Gasteiger partial charge in [0.05, 0.1) is 7.11 Å². The zero-order valence-corrected chi connectivity index (χ0v) is 14.0. The average Bonchev–Trinajstić information content (AvgIpc) is 2.60. The van der Waals surface area contributed by atoms with Gasteiger partial charge in [-0.15, -0.1) is 6.58 Å². The number of carbonyl (C=O) groups is 1. The molecule has 1 saturated heterocycles. The highest BCUT2D eigenvalue weighted by Gasteiger charge is 2.22. The van der Waals surface area contributed by atoms with Gasteiger partial charge in [-0.3, -0.25) is 4.79 Å². The molecular weight excluding hydrogens is 292 g/mol. The highest BCUT2D eigenvalue weighted by molar-refractivity contribution is 5.78. The van der Waals surface area contributed by atoms with Crippen LogP contribution in [0.1, 0.15) is 18.4 Å². The Kier molecular flexibility index (Phi) is 6.47. The monoisotopic (exact) mass is 318 g/mol. The highest BCUT2D eigenvalue weighted by atomic mass is 16.5. The van der Waals surface area contributed by atoms with E-state index in [1.54, 1.807) is 12.0 Å². The Hall–Kier alpha value is -2.01. The minimum Gasteiger partial charge on any atom is -0.493 e. The molecular formula is C18H26N2O3. The van der Waals surface area contributed by atoms with Crippen molar-refractivity contribution in [2.24, 2.45) is 0 Å². The Bertz CT molecular complexity index is 539. The van der Waals surface area contributed by atoms with E-state index >= 15 is 0 Å². The van der Waals surface area contributed by atoms with E-state index in [1.807, 2.05) is 31.3 Å². The Morgan fingerprint density at radius 2 is 2.13 bits per heavy atom. The second-order valence-electron chi connectivity index (χ2n) is 5.75. The molecule has 0 aromatic heterocycles. The molecule has 0 aliphatic carbocycles. The van der Waals surface area contributed by atoms with Gasteiger partial charge in [-0.05, 0) is 50.0 Å². The number of ether oxygens (including phenoxy) is 2. The highest BCUT2D eigenvalue weighted by Crippen LogP contribution is 2.28. The molecule has 1 aliphatic rings. The summed E-state index contributed by atoms with van der Waals surface area (Å²) in [6, 6.07) is 6.01. The van der Waals surface area contributed by atoms with Gasteiger partial charge in [-0.2, -0.15) is 0 Å². The first-order valence-corrected chi connectivity index (χ1v) is 8.02. The van der Waals surface area contributed by atoms with Crippen LogP contribution in [0.3, 0.4) is 0 Å². The van der Waals surface area contributed by atoms with Crippen molar-refractivity contribution in [1.29, 1.82) is 0 Å². The number of nitrogens with one attached hydrogen (secondary N) is 1. The molecule has 0 radical (unpaired) electrons. The van der Waals surface area contributed by atoms with Crippen LogP contribution in [0.5, 0.6) is 11.5 Å². The fourth-order valence-electron chi connectivity index (χ4n) is 2.76. The number of rotatable bonds is 7. The van der Waals surface area contributed by atoms with Gasteiger partial charge in [0.1, 0.15) is 0 Å². The maximum absolute atomic E-state index is 12.3. The van der Waals surface area contributed by atoms with Crippen LogP contribution in [0.15, 0.2) is 30.9 Å². The molecule has 5 heteroatoms. The number of nitrogens with zero attached hydrogens (tertiary/aromatic N) is 1. The number of carbonyl (C=O) groups excluding carboxylic acids is 1. The van der Waals surface area contributed by atoms with Crippen LogP contribution in [0, 0.1) is 0 Å². The number of likely N-dealkylation sites (N-methyl/N-ethyl adjacent to an activating group) is 1. The van der Waals surface area contributed by atoms with Crippen LogP contribution in [0.2, 0.25) is 0 Å². The number of allylic oxidation sites excluding steroid dienone is 1. The van der Waals surface area contributed by atoms with E-state index in [1.165, 1.54) is 0 Å². The van der Waals surface area contributed by atoms with Gasteiger partial charge < -0.3 is 19.7 Å². The first-order valence-electron chi connectivity index (χ1n) is 8.02. The normalized spacial score (nSPS) is 15.0. The largest absolute Gasteiger partial charge is 0.493 e. The van der Waals surface area contributed by atoms with E-state index in [9.17, 15) is 4.79 Å². The summed E-state index contributed by atoms with van der Waals surface area (Å²) in [5, 5.41) is 3.30. The molecule has 1 aromatic rings. The van der Waals surface area contributed by atoms with E-state index in [0.29, 0.717) is 17.5 Å². The van der Waals surface area contributed by atoms with Crippen molar-refractivity contribution in [2.45, 2.75) is 25.3 Å². The Balaban J connectivity index is 1.93. The van der Waals surface area contributed by atoms with Gasteiger partial charge in [-0.1, -0.05) is 12.1 Å². The maximum atomic E-state index is 12.3. The van der Waals surface area contributed by atoms with Gasteiger partial charge in [0, 0.05) is 13.1 Å². The van der Waals surface area contributed by atoms with Crippen LogP contribution in [-0.4, -0.2) is 50.7 Å². The molecule has 0 spiro atoms. The molecule has 2 rings (SSSR count). The van der Waals surface area contributed by atoms with Gasteiger partial charge in [-0.25, -0.2) is 0 Å². The van der Waals surface area contributed by atoms with Crippen molar-refractivity contribution in [3.63, 3.8) is 0 Å².